The number of nitrogens with one attached hydrogen (secondary N) is 1. The third-order valence-corrected chi connectivity index (χ3v) is 5.59. The van der Waals surface area contributed by atoms with Gasteiger partial charge in [-0.05, 0) is 67.2 Å². The second-order valence-corrected chi connectivity index (χ2v) is 7.97. The van der Waals surface area contributed by atoms with E-state index in [-0.39, 0.29) is 16.6 Å². The SMILES string of the molecule is CCOc1ccc(N=C2NC(=O)/C(=C\c3ccc(-c4ccc(Cl)c([N+](=O)[O-])c4)o3)S2)cc1. The van der Waals surface area contributed by atoms with Gasteiger partial charge in [-0.2, -0.15) is 0 Å². The highest BCUT2D eigenvalue weighted by atomic mass is 35.5. The fourth-order valence-corrected chi connectivity index (χ4v) is 3.91. The molecular weight excluding hydrogens is 454 g/mol. The summed E-state index contributed by atoms with van der Waals surface area (Å²) in [5.74, 6) is 1.31. The van der Waals surface area contributed by atoms with Gasteiger partial charge in [-0.1, -0.05) is 11.6 Å². The Morgan fingerprint density at radius 2 is 2.00 bits per heavy atom. The van der Waals surface area contributed by atoms with Crippen molar-refractivity contribution in [2.24, 2.45) is 4.99 Å². The van der Waals surface area contributed by atoms with E-state index in [1.807, 2.05) is 19.1 Å². The minimum atomic E-state index is -0.553. The number of nitrogens with zero attached hydrogens (tertiary/aromatic N) is 2. The zero-order valence-electron chi connectivity index (χ0n) is 16.7. The molecule has 0 atom stereocenters. The first-order chi connectivity index (χ1) is 15.4. The molecule has 10 heteroatoms. The van der Waals surface area contributed by atoms with E-state index in [4.69, 9.17) is 20.8 Å². The maximum absolute atomic E-state index is 12.3. The standard InChI is InChI=1S/C22H16ClN3O5S/c1-2-30-15-6-4-14(5-7-15)24-22-25-21(27)20(32-22)12-16-8-10-19(31-16)13-3-9-17(23)18(11-13)26(28)29/h3-12H,2H2,1H3,(H,24,25,27)/b20-12+. The fraction of sp³-hybridized carbons (Fsp3) is 0.0909. The zero-order chi connectivity index (χ0) is 22.7. The number of ether oxygens (including phenoxy) is 1. The number of thioether (sulfide) groups is 1. The van der Waals surface area contributed by atoms with Gasteiger partial charge in [-0.3, -0.25) is 14.9 Å². The first kappa shape index (κ1) is 21.7. The number of hydrogen-bond acceptors (Lipinski definition) is 7. The molecule has 0 bridgehead atoms. The number of amides is 1. The third-order valence-electron chi connectivity index (χ3n) is 4.36. The van der Waals surface area contributed by atoms with Crippen molar-refractivity contribution < 1.29 is 18.9 Å². The Morgan fingerprint density at radius 3 is 2.72 bits per heavy atom. The van der Waals surface area contributed by atoms with Crippen molar-refractivity contribution >= 4 is 51.9 Å². The largest absolute Gasteiger partial charge is 0.494 e. The van der Waals surface area contributed by atoms with Gasteiger partial charge < -0.3 is 14.5 Å². The van der Waals surface area contributed by atoms with Crippen LogP contribution in [0, 0.1) is 10.1 Å². The number of benzene rings is 2. The molecule has 1 aliphatic rings. The van der Waals surface area contributed by atoms with E-state index in [1.165, 1.54) is 23.9 Å². The number of carbonyl (C=O) groups is 1. The lowest BCUT2D eigenvalue weighted by molar-refractivity contribution is -0.384. The number of halogens is 1. The summed E-state index contributed by atoms with van der Waals surface area (Å²) in [6.45, 7) is 2.49. The van der Waals surface area contributed by atoms with E-state index in [0.717, 1.165) is 5.75 Å². The van der Waals surface area contributed by atoms with Gasteiger partial charge in [-0.15, -0.1) is 0 Å². The molecule has 1 amide bonds. The molecule has 2 heterocycles. The number of aliphatic imine (C=N–C) groups is 1. The summed E-state index contributed by atoms with van der Waals surface area (Å²) >= 11 is 7.05. The van der Waals surface area contributed by atoms with Crippen LogP contribution >= 0.6 is 23.4 Å². The van der Waals surface area contributed by atoms with Gasteiger partial charge in [0.05, 0.1) is 22.1 Å². The molecule has 0 radical (unpaired) electrons. The third kappa shape index (κ3) is 4.84. The second-order valence-electron chi connectivity index (χ2n) is 6.53. The highest BCUT2D eigenvalue weighted by molar-refractivity contribution is 8.18. The summed E-state index contributed by atoms with van der Waals surface area (Å²) in [4.78, 5) is 27.7. The molecule has 2 aromatic carbocycles. The van der Waals surface area contributed by atoms with Crippen LogP contribution in [0.15, 0.2) is 68.9 Å². The molecule has 1 N–H and O–H groups in total. The maximum Gasteiger partial charge on any atom is 0.288 e. The van der Waals surface area contributed by atoms with Gasteiger partial charge in [0, 0.05) is 17.7 Å². The van der Waals surface area contributed by atoms with Crippen LogP contribution in [0.2, 0.25) is 5.02 Å². The minimum absolute atomic E-state index is 0.0472. The van der Waals surface area contributed by atoms with Crippen molar-refractivity contribution in [2.75, 3.05) is 6.61 Å². The van der Waals surface area contributed by atoms with E-state index in [1.54, 1.807) is 36.4 Å². The summed E-state index contributed by atoms with van der Waals surface area (Å²) in [6, 6.07) is 15.0. The number of amidine groups is 1. The molecule has 1 fully saturated rings. The quantitative estimate of drug-likeness (QED) is 0.278. The van der Waals surface area contributed by atoms with Gasteiger partial charge in [0.25, 0.3) is 11.6 Å². The highest BCUT2D eigenvalue weighted by Gasteiger charge is 2.24. The topological polar surface area (TPSA) is 107 Å². The number of rotatable bonds is 6. The molecule has 0 unspecified atom stereocenters. The molecular formula is C22H16ClN3O5S. The molecule has 4 rings (SSSR count). The molecule has 0 saturated carbocycles. The fourth-order valence-electron chi connectivity index (χ4n) is 2.90. The molecule has 8 nitrogen and oxygen atoms in total. The monoisotopic (exact) mass is 469 g/mol. The number of nitro benzene ring substituents is 1. The highest BCUT2D eigenvalue weighted by Crippen LogP contribution is 2.33. The van der Waals surface area contributed by atoms with Crippen LogP contribution in [0.1, 0.15) is 12.7 Å². The summed E-state index contributed by atoms with van der Waals surface area (Å²) in [7, 11) is 0. The first-order valence-corrected chi connectivity index (χ1v) is 10.7. The van der Waals surface area contributed by atoms with Crippen LogP contribution < -0.4 is 10.1 Å². The van der Waals surface area contributed by atoms with Crippen LogP contribution in [0.4, 0.5) is 11.4 Å². The van der Waals surface area contributed by atoms with Crippen molar-refractivity contribution in [3.05, 3.63) is 80.4 Å². The maximum atomic E-state index is 12.3. The molecule has 0 aliphatic carbocycles. The predicted octanol–water partition coefficient (Wildman–Crippen LogP) is 5.80. The molecule has 162 valence electrons. The Labute approximate surface area is 192 Å². The number of furan rings is 1. The van der Waals surface area contributed by atoms with E-state index < -0.39 is 4.92 Å². The Balaban J connectivity index is 1.51. The van der Waals surface area contributed by atoms with Crippen LogP contribution in [0.25, 0.3) is 17.4 Å². The van der Waals surface area contributed by atoms with Crippen molar-refractivity contribution in [1.82, 2.24) is 5.32 Å². The van der Waals surface area contributed by atoms with Crippen molar-refractivity contribution in [3.8, 4) is 17.1 Å². The van der Waals surface area contributed by atoms with E-state index in [9.17, 15) is 14.9 Å². The van der Waals surface area contributed by atoms with E-state index in [2.05, 4.69) is 10.3 Å². The van der Waals surface area contributed by atoms with E-state index in [0.29, 0.717) is 39.5 Å². The molecule has 1 aromatic heterocycles. The number of nitro groups is 1. The van der Waals surface area contributed by atoms with E-state index >= 15 is 0 Å². The summed E-state index contributed by atoms with van der Waals surface area (Å²) in [5.41, 5.74) is 0.982. The number of carbonyl (C=O) groups excluding carboxylic acids is 1. The van der Waals surface area contributed by atoms with Gasteiger partial charge in [0.2, 0.25) is 0 Å². The van der Waals surface area contributed by atoms with Crippen molar-refractivity contribution in [2.45, 2.75) is 6.92 Å². The molecule has 3 aromatic rings. The normalized spacial score (nSPS) is 15.9. The second kappa shape index (κ2) is 9.29. The van der Waals surface area contributed by atoms with Gasteiger partial charge in [-0.25, -0.2) is 4.99 Å². The Kier molecular flexibility index (Phi) is 6.29. The Morgan fingerprint density at radius 1 is 1.22 bits per heavy atom. The van der Waals surface area contributed by atoms with Gasteiger partial charge in [0.15, 0.2) is 5.17 Å². The van der Waals surface area contributed by atoms with Crippen LogP contribution in [0.3, 0.4) is 0 Å². The Hall–Kier alpha value is -3.56. The Bertz CT molecular complexity index is 1250. The summed E-state index contributed by atoms with van der Waals surface area (Å²) in [6.07, 6.45) is 1.59. The lowest BCUT2D eigenvalue weighted by atomic mass is 10.1. The smallest absolute Gasteiger partial charge is 0.288 e. The lowest BCUT2D eigenvalue weighted by Gasteiger charge is -2.02. The van der Waals surface area contributed by atoms with Crippen molar-refractivity contribution in [1.29, 1.82) is 0 Å². The van der Waals surface area contributed by atoms with Gasteiger partial charge in [0.1, 0.15) is 22.3 Å². The summed E-state index contributed by atoms with van der Waals surface area (Å²) in [5, 5.41) is 14.3. The van der Waals surface area contributed by atoms with Crippen LogP contribution in [-0.4, -0.2) is 22.6 Å². The lowest BCUT2D eigenvalue weighted by Crippen LogP contribution is -2.19. The summed E-state index contributed by atoms with van der Waals surface area (Å²) < 4.78 is 11.2. The average molecular weight is 470 g/mol. The molecule has 1 saturated heterocycles. The first-order valence-electron chi connectivity index (χ1n) is 9.49. The predicted molar refractivity (Wildman–Crippen MR) is 124 cm³/mol. The average Bonchev–Trinajstić information content (AvgIpc) is 3.36. The van der Waals surface area contributed by atoms with Crippen LogP contribution in [-0.2, 0) is 4.79 Å². The molecule has 1 aliphatic heterocycles. The molecule has 0 spiro atoms. The number of hydrogen-bond donors (Lipinski definition) is 1. The minimum Gasteiger partial charge on any atom is -0.494 e. The van der Waals surface area contributed by atoms with Gasteiger partial charge >= 0.3 is 0 Å². The zero-order valence-corrected chi connectivity index (χ0v) is 18.3. The molecule has 32 heavy (non-hydrogen) atoms. The van der Waals surface area contributed by atoms with Crippen LogP contribution in [0.5, 0.6) is 5.75 Å². The van der Waals surface area contributed by atoms with Crippen molar-refractivity contribution in [3.63, 3.8) is 0 Å².